The van der Waals surface area contributed by atoms with Gasteiger partial charge in [-0.15, -0.1) is 0 Å². The second kappa shape index (κ2) is 8.95. The fourth-order valence-corrected chi connectivity index (χ4v) is 4.92. The molecule has 5 N–H and O–H groups in total. The van der Waals surface area contributed by atoms with Crippen molar-refractivity contribution in [3.8, 4) is 0 Å². The molecule has 0 aliphatic heterocycles. The lowest BCUT2D eigenvalue weighted by atomic mass is 9.85. The van der Waals surface area contributed by atoms with Crippen molar-refractivity contribution in [3.63, 3.8) is 0 Å². The maximum absolute atomic E-state index is 14.5. The molecular weight excluding hydrogens is 468 g/mol. The summed E-state index contributed by atoms with van der Waals surface area (Å²) in [6.45, 7) is 0. The molecule has 2 aliphatic rings. The first kappa shape index (κ1) is 22.7. The maximum atomic E-state index is 14.5. The Labute approximate surface area is 198 Å². The summed E-state index contributed by atoms with van der Waals surface area (Å²) in [6.07, 6.45) is 5.00. The minimum Gasteiger partial charge on any atom is -0.393 e. The molecule has 3 aromatic rings. The first-order chi connectivity index (χ1) is 16.3. The van der Waals surface area contributed by atoms with Gasteiger partial charge in [-0.2, -0.15) is 4.98 Å². The van der Waals surface area contributed by atoms with E-state index in [1.165, 1.54) is 0 Å². The Morgan fingerprint density at radius 2 is 1.91 bits per heavy atom. The number of benzene rings is 1. The van der Waals surface area contributed by atoms with E-state index in [0.29, 0.717) is 55.6 Å². The molecule has 2 fully saturated rings. The zero-order valence-electron chi connectivity index (χ0n) is 18.1. The van der Waals surface area contributed by atoms with Crippen LogP contribution in [0.15, 0.2) is 18.3 Å². The first-order valence-corrected chi connectivity index (χ1v) is 11.6. The number of carbonyl (C=O) groups excluding carboxylic acids is 1. The Morgan fingerprint density at radius 3 is 2.56 bits per heavy atom. The number of nitrogens with two attached hydrogens (primary N) is 1. The van der Waals surface area contributed by atoms with Crippen LogP contribution in [0.3, 0.4) is 0 Å². The number of aliphatic hydroxyl groups excluding tert-OH is 1. The van der Waals surface area contributed by atoms with Crippen LogP contribution >= 0.6 is 11.6 Å². The number of imidazole rings is 1. The van der Waals surface area contributed by atoms with Crippen molar-refractivity contribution < 1.29 is 18.7 Å². The predicted octanol–water partition coefficient (Wildman–Crippen LogP) is 3.65. The van der Waals surface area contributed by atoms with E-state index in [1.54, 1.807) is 6.20 Å². The van der Waals surface area contributed by atoms with Gasteiger partial charge in [0.05, 0.1) is 23.0 Å². The van der Waals surface area contributed by atoms with Crippen LogP contribution in [-0.4, -0.2) is 42.7 Å². The molecule has 12 heteroatoms. The zero-order chi connectivity index (χ0) is 24.0. The van der Waals surface area contributed by atoms with E-state index in [-0.39, 0.29) is 46.7 Å². The summed E-state index contributed by atoms with van der Waals surface area (Å²) in [4.78, 5) is 25.2. The molecule has 0 radical (unpaired) electrons. The Bertz CT molecular complexity index is 1220. The molecule has 1 amide bonds. The SMILES string of the molecule is NC(=O)[C@H]1CC[C@H](n2c(Nc3c(F)cc(F)cc3Cl)nc3cnc(N[C@H]4C[C@H](O)C4)nc32)CC1. The molecule has 0 atom stereocenters. The van der Waals surface area contributed by atoms with Gasteiger partial charge in [0.15, 0.2) is 11.5 Å². The van der Waals surface area contributed by atoms with Gasteiger partial charge in [-0.1, -0.05) is 11.6 Å². The Morgan fingerprint density at radius 1 is 1.18 bits per heavy atom. The third kappa shape index (κ3) is 4.37. The highest BCUT2D eigenvalue weighted by Gasteiger charge is 2.31. The van der Waals surface area contributed by atoms with Crippen LogP contribution in [0, 0.1) is 17.6 Å². The van der Waals surface area contributed by atoms with E-state index < -0.39 is 11.6 Å². The minimum absolute atomic E-state index is 0.0829. The van der Waals surface area contributed by atoms with Gasteiger partial charge in [0, 0.05) is 24.1 Å². The fourth-order valence-electron chi connectivity index (χ4n) is 4.67. The third-order valence-electron chi connectivity index (χ3n) is 6.59. The number of amides is 1. The lowest BCUT2D eigenvalue weighted by Crippen LogP contribution is -2.39. The summed E-state index contributed by atoms with van der Waals surface area (Å²) in [5, 5.41) is 15.5. The lowest BCUT2D eigenvalue weighted by Gasteiger charge is -2.32. The van der Waals surface area contributed by atoms with Crippen molar-refractivity contribution in [1.82, 2.24) is 19.5 Å². The highest BCUT2D eigenvalue weighted by molar-refractivity contribution is 6.33. The van der Waals surface area contributed by atoms with E-state index in [9.17, 15) is 18.7 Å². The quantitative estimate of drug-likeness (QED) is 0.414. The van der Waals surface area contributed by atoms with Crippen LogP contribution in [0.4, 0.5) is 26.4 Å². The standard InChI is InChI=1S/C22H24ClF2N7O2/c23-15-5-11(24)6-16(25)18(15)30-22-29-17-9-27-21(28-12-7-14(33)8-12)31-20(17)32(22)13-3-1-10(2-4-13)19(26)34/h5-6,9-10,12-14,33H,1-4,7-8H2,(H2,26,34)(H,29,30)(H,27,28,31)/t10-,12-,13-,14-. The largest absolute Gasteiger partial charge is 0.393 e. The summed E-state index contributed by atoms with van der Waals surface area (Å²) in [5.74, 6) is -1.45. The van der Waals surface area contributed by atoms with Crippen molar-refractivity contribution in [1.29, 1.82) is 0 Å². The summed E-state index contributed by atoms with van der Waals surface area (Å²) >= 11 is 6.10. The second-order valence-corrected chi connectivity index (χ2v) is 9.36. The summed E-state index contributed by atoms with van der Waals surface area (Å²) in [5.41, 5.74) is 6.41. The summed E-state index contributed by atoms with van der Waals surface area (Å²) in [6, 6.07) is 1.76. The third-order valence-corrected chi connectivity index (χ3v) is 6.89. The number of anilines is 3. The van der Waals surface area contributed by atoms with Gasteiger partial charge in [0.1, 0.15) is 11.3 Å². The Balaban J connectivity index is 1.52. The summed E-state index contributed by atoms with van der Waals surface area (Å²) in [7, 11) is 0. The Hall–Kier alpha value is -3.05. The van der Waals surface area contributed by atoms with Crippen molar-refractivity contribution >= 4 is 46.3 Å². The Kier molecular flexibility index (Phi) is 5.98. The van der Waals surface area contributed by atoms with Crippen molar-refractivity contribution in [2.45, 2.75) is 56.7 Å². The smallest absolute Gasteiger partial charge is 0.224 e. The van der Waals surface area contributed by atoms with E-state index in [4.69, 9.17) is 17.3 Å². The van der Waals surface area contributed by atoms with Crippen molar-refractivity contribution in [3.05, 3.63) is 35.0 Å². The lowest BCUT2D eigenvalue weighted by molar-refractivity contribution is -0.122. The molecule has 0 spiro atoms. The molecule has 2 heterocycles. The van der Waals surface area contributed by atoms with Crippen LogP contribution in [0.5, 0.6) is 0 Å². The van der Waals surface area contributed by atoms with Gasteiger partial charge in [-0.3, -0.25) is 9.36 Å². The fraction of sp³-hybridized carbons (Fsp3) is 0.455. The molecule has 2 saturated carbocycles. The van der Waals surface area contributed by atoms with Gasteiger partial charge in [0.2, 0.25) is 17.8 Å². The van der Waals surface area contributed by atoms with Crippen LogP contribution in [0.25, 0.3) is 11.2 Å². The number of hydrogen-bond acceptors (Lipinski definition) is 7. The van der Waals surface area contributed by atoms with Crippen LogP contribution < -0.4 is 16.4 Å². The number of carbonyl (C=O) groups is 1. The summed E-state index contributed by atoms with van der Waals surface area (Å²) < 4.78 is 29.9. The van der Waals surface area contributed by atoms with Gasteiger partial charge in [-0.05, 0) is 44.6 Å². The second-order valence-electron chi connectivity index (χ2n) is 8.95. The first-order valence-electron chi connectivity index (χ1n) is 11.2. The van der Waals surface area contributed by atoms with E-state index in [0.717, 1.165) is 12.1 Å². The van der Waals surface area contributed by atoms with Crippen molar-refractivity contribution in [2.75, 3.05) is 10.6 Å². The topological polar surface area (TPSA) is 131 Å². The van der Waals surface area contributed by atoms with E-state index in [2.05, 4.69) is 25.6 Å². The van der Waals surface area contributed by atoms with Gasteiger partial charge < -0.3 is 21.5 Å². The highest BCUT2D eigenvalue weighted by atomic mass is 35.5. The average molecular weight is 492 g/mol. The number of aromatic nitrogens is 4. The molecule has 0 saturated heterocycles. The van der Waals surface area contributed by atoms with Gasteiger partial charge in [0.25, 0.3) is 0 Å². The van der Waals surface area contributed by atoms with Gasteiger partial charge in [-0.25, -0.2) is 18.7 Å². The van der Waals surface area contributed by atoms with Crippen LogP contribution in [0.1, 0.15) is 44.6 Å². The normalized spacial score (nSPS) is 24.6. The maximum Gasteiger partial charge on any atom is 0.224 e. The number of aliphatic hydroxyl groups is 1. The average Bonchev–Trinajstić information content (AvgIpc) is 3.12. The molecule has 1 aromatic carbocycles. The van der Waals surface area contributed by atoms with E-state index >= 15 is 0 Å². The highest BCUT2D eigenvalue weighted by Crippen LogP contribution is 2.38. The molecule has 2 aromatic heterocycles. The molecule has 9 nitrogen and oxygen atoms in total. The molecule has 0 unspecified atom stereocenters. The van der Waals surface area contributed by atoms with Gasteiger partial charge >= 0.3 is 0 Å². The number of nitrogens with zero attached hydrogens (tertiary/aromatic N) is 4. The minimum atomic E-state index is -0.849. The molecule has 0 bridgehead atoms. The molecule has 34 heavy (non-hydrogen) atoms. The molecule has 180 valence electrons. The number of rotatable bonds is 6. The number of primary amides is 1. The molecular formula is C22H24ClF2N7O2. The molecule has 2 aliphatic carbocycles. The number of halogens is 3. The monoisotopic (exact) mass is 491 g/mol. The zero-order valence-corrected chi connectivity index (χ0v) is 18.9. The van der Waals surface area contributed by atoms with Crippen LogP contribution in [-0.2, 0) is 4.79 Å². The van der Waals surface area contributed by atoms with Crippen molar-refractivity contribution in [2.24, 2.45) is 11.7 Å². The number of fused-ring (bicyclic) bond motifs is 1. The van der Waals surface area contributed by atoms with E-state index in [1.807, 2.05) is 4.57 Å². The number of hydrogen-bond donors (Lipinski definition) is 4. The number of nitrogens with one attached hydrogen (secondary N) is 2. The predicted molar refractivity (Wildman–Crippen MR) is 123 cm³/mol. The van der Waals surface area contributed by atoms with Crippen LogP contribution in [0.2, 0.25) is 5.02 Å². The molecule has 5 rings (SSSR count).